The smallest absolute Gasteiger partial charge is 0.144 e. The van der Waals surface area contributed by atoms with Crippen LogP contribution in [-0.2, 0) is 4.74 Å². The van der Waals surface area contributed by atoms with Gasteiger partial charge in [0.25, 0.3) is 0 Å². The summed E-state index contributed by atoms with van der Waals surface area (Å²) in [6, 6.07) is 8.72. The molecule has 0 unspecified atom stereocenters. The maximum absolute atomic E-state index is 6.01. The van der Waals surface area contributed by atoms with Crippen molar-refractivity contribution >= 4 is 22.8 Å². The maximum atomic E-state index is 6.01. The Balaban J connectivity index is 2.32. The van der Waals surface area contributed by atoms with E-state index >= 15 is 0 Å². The van der Waals surface area contributed by atoms with Crippen molar-refractivity contribution in [1.29, 1.82) is 0 Å². The SMILES string of the molecule is CCOC1=CC(=Nc2ccc(N(CC)C(C)C)cc2)C(=NC)C=C1N. The van der Waals surface area contributed by atoms with Gasteiger partial charge in [-0.1, -0.05) is 0 Å². The molecule has 0 aliphatic heterocycles. The van der Waals surface area contributed by atoms with Crippen molar-refractivity contribution in [2.75, 3.05) is 25.1 Å². The summed E-state index contributed by atoms with van der Waals surface area (Å²) in [6.45, 7) is 10.0. The van der Waals surface area contributed by atoms with E-state index < -0.39 is 0 Å². The zero-order chi connectivity index (χ0) is 18.4. The molecular weight excluding hydrogens is 312 g/mol. The topological polar surface area (TPSA) is 63.2 Å². The summed E-state index contributed by atoms with van der Waals surface area (Å²) in [5.74, 6) is 0.641. The van der Waals surface area contributed by atoms with Crippen molar-refractivity contribution in [2.24, 2.45) is 15.7 Å². The average Bonchev–Trinajstić information content (AvgIpc) is 2.59. The van der Waals surface area contributed by atoms with Crippen molar-refractivity contribution in [3.05, 3.63) is 47.9 Å². The van der Waals surface area contributed by atoms with Gasteiger partial charge in [0.2, 0.25) is 0 Å². The average molecular weight is 340 g/mol. The molecule has 0 bridgehead atoms. The van der Waals surface area contributed by atoms with E-state index in [1.165, 1.54) is 5.69 Å². The van der Waals surface area contributed by atoms with Crippen LogP contribution in [-0.4, -0.2) is 37.7 Å². The summed E-state index contributed by atoms with van der Waals surface area (Å²) < 4.78 is 5.57. The highest BCUT2D eigenvalue weighted by Crippen LogP contribution is 2.23. The molecule has 25 heavy (non-hydrogen) atoms. The second kappa shape index (κ2) is 8.51. The van der Waals surface area contributed by atoms with Crippen LogP contribution in [0, 0.1) is 0 Å². The van der Waals surface area contributed by atoms with Gasteiger partial charge in [0.15, 0.2) is 0 Å². The molecule has 1 aromatic rings. The lowest BCUT2D eigenvalue weighted by Crippen LogP contribution is -2.30. The van der Waals surface area contributed by atoms with Crippen molar-refractivity contribution in [1.82, 2.24) is 0 Å². The van der Waals surface area contributed by atoms with Crippen LogP contribution in [0.5, 0.6) is 0 Å². The van der Waals surface area contributed by atoms with Crippen molar-refractivity contribution in [2.45, 2.75) is 33.7 Å². The van der Waals surface area contributed by atoms with Crippen molar-refractivity contribution < 1.29 is 4.74 Å². The van der Waals surface area contributed by atoms with E-state index in [1.807, 2.05) is 25.1 Å². The molecule has 0 fully saturated rings. The molecule has 0 radical (unpaired) electrons. The molecular formula is C20H28N4O. The Kier molecular flexibility index (Phi) is 6.39. The predicted molar refractivity (Wildman–Crippen MR) is 107 cm³/mol. The molecule has 0 aromatic heterocycles. The Morgan fingerprint density at radius 1 is 1.08 bits per heavy atom. The van der Waals surface area contributed by atoms with Gasteiger partial charge in [-0.3, -0.25) is 4.99 Å². The Morgan fingerprint density at radius 3 is 2.28 bits per heavy atom. The van der Waals surface area contributed by atoms with E-state index in [0.717, 1.165) is 23.7 Å². The molecule has 0 saturated carbocycles. The third kappa shape index (κ3) is 4.50. The number of nitrogens with two attached hydrogens (primary N) is 1. The third-order valence-electron chi connectivity index (χ3n) is 4.04. The first-order chi connectivity index (χ1) is 12.0. The van der Waals surface area contributed by atoms with Crippen molar-refractivity contribution in [3.8, 4) is 0 Å². The van der Waals surface area contributed by atoms with Gasteiger partial charge in [0.1, 0.15) is 5.76 Å². The Morgan fingerprint density at radius 2 is 1.76 bits per heavy atom. The lowest BCUT2D eigenvalue weighted by molar-refractivity contribution is 0.237. The van der Waals surface area contributed by atoms with Gasteiger partial charge in [-0.05, 0) is 58.0 Å². The standard InChI is InChI=1S/C20H28N4O/c1-6-24(14(3)4)16-10-8-15(9-11-16)23-19-13-20(25-7-2)17(21)12-18(19)22-5/h8-14H,6-7,21H2,1-5H3. The van der Waals surface area contributed by atoms with Crippen LogP contribution < -0.4 is 10.6 Å². The molecule has 0 saturated heterocycles. The van der Waals surface area contributed by atoms with E-state index in [-0.39, 0.29) is 0 Å². The highest BCUT2D eigenvalue weighted by Gasteiger charge is 2.16. The molecule has 0 atom stereocenters. The summed E-state index contributed by atoms with van der Waals surface area (Å²) in [5, 5.41) is 0. The number of hydrogen-bond acceptors (Lipinski definition) is 5. The van der Waals surface area contributed by atoms with Gasteiger partial charge in [-0.15, -0.1) is 0 Å². The fourth-order valence-electron chi connectivity index (χ4n) is 2.83. The van der Waals surface area contributed by atoms with Crippen LogP contribution >= 0.6 is 0 Å². The minimum atomic E-state index is 0.462. The van der Waals surface area contributed by atoms with Gasteiger partial charge in [0.05, 0.1) is 29.4 Å². The molecule has 0 spiro atoms. The fourth-order valence-corrected chi connectivity index (χ4v) is 2.83. The molecule has 1 aromatic carbocycles. The molecule has 1 aliphatic carbocycles. The Hall–Kier alpha value is -2.56. The second-order valence-corrected chi connectivity index (χ2v) is 6.04. The summed E-state index contributed by atoms with van der Waals surface area (Å²) in [5.41, 5.74) is 10.2. The summed E-state index contributed by atoms with van der Waals surface area (Å²) in [4.78, 5) is 11.3. The lowest BCUT2D eigenvalue weighted by Gasteiger charge is -2.27. The van der Waals surface area contributed by atoms with E-state index in [2.05, 4.69) is 42.8 Å². The van der Waals surface area contributed by atoms with E-state index in [1.54, 1.807) is 13.1 Å². The van der Waals surface area contributed by atoms with Crippen LogP contribution in [0.1, 0.15) is 27.7 Å². The molecule has 5 heteroatoms. The number of aliphatic imine (C=N–C) groups is 2. The quantitative estimate of drug-likeness (QED) is 0.800. The summed E-state index contributed by atoms with van der Waals surface area (Å²) in [6.07, 6.45) is 3.65. The molecule has 0 amide bonds. The van der Waals surface area contributed by atoms with Crippen LogP contribution in [0.25, 0.3) is 0 Å². The number of anilines is 1. The first kappa shape index (κ1) is 18.8. The van der Waals surface area contributed by atoms with Crippen LogP contribution in [0.2, 0.25) is 0 Å². The summed E-state index contributed by atoms with van der Waals surface area (Å²) in [7, 11) is 1.74. The van der Waals surface area contributed by atoms with Gasteiger partial charge in [-0.25, -0.2) is 4.99 Å². The summed E-state index contributed by atoms with van der Waals surface area (Å²) >= 11 is 0. The van der Waals surface area contributed by atoms with Crippen molar-refractivity contribution in [3.63, 3.8) is 0 Å². The van der Waals surface area contributed by atoms with Gasteiger partial charge >= 0.3 is 0 Å². The monoisotopic (exact) mass is 340 g/mol. The zero-order valence-corrected chi connectivity index (χ0v) is 15.8. The first-order valence-corrected chi connectivity index (χ1v) is 8.74. The number of nitrogens with zero attached hydrogens (tertiary/aromatic N) is 3. The third-order valence-corrected chi connectivity index (χ3v) is 4.04. The molecule has 5 nitrogen and oxygen atoms in total. The maximum Gasteiger partial charge on any atom is 0.144 e. The van der Waals surface area contributed by atoms with Gasteiger partial charge in [0, 0.05) is 31.4 Å². The number of hydrogen-bond donors (Lipinski definition) is 1. The Labute approximate surface area is 150 Å². The van der Waals surface area contributed by atoms with Crippen LogP contribution in [0.3, 0.4) is 0 Å². The van der Waals surface area contributed by atoms with E-state index in [4.69, 9.17) is 15.5 Å². The largest absolute Gasteiger partial charge is 0.492 e. The van der Waals surface area contributed by atoms with Crippen LogP contribution in [0.15, 0.2) is 57.9 Å². The second-order valence-electron chi connectivity index (χ2n) is 6.04. The van der Waals surface area contributed by atoms with E-state index in [9.17, 15) is 0 Å². The molecule has 0 heterocycles. The number of benzene rings is 1. The minimum Gasteiger partial charge on any atom is -0.492 e. The van der Waals surface area contributed by atoms with Crippen LogP contribution in [0.4, 0.5) is 11.4 Å². The zero-order valence-electron chi connectivity index (χ0n) is 15.8. The van der Waals surface area contributed by atoms with E-state index in [0.29, 0.717) is 24.1 Å². The normalized spacial score (nSPS) is 17.7. The lowest BCUT2D eigenvalue weighted by atomic mass is 10.1. The predicted octanol–water partition coefficient (Wildman–Crippen LogP) is 3.84. The molecule has 1 aliphatic rings. The number of rotatable bonds is 6. The highest BCUT2D eigenvalue weighted by molar-refractivity contribution is 6.51. The molecule has 2 N–H and O–H groups in total. The fraction of sp³-hybridized carbons (Fsp3) is 0.400. The van der Waals surface area contributed by atoms with Gasteiger partial charge in [-0.2, -0.15) is 0 Å². The number of allylic oxidation sites excluding steroid dienone is 2. The number of ether oxygens (including phenoxy) is 1. The molecule has 134 valence electrons. The minimum absolute atomic E-state index is 0.462. The Bertz CT molecular complexity index is 712. The highest BCUT2D eigenvalue weighted by atomic mass is 16.5. The molecule has 2 rings (SSSR count). The van der Waals surface area contributed by atoms with Gasteiger partial charge < -0.3 is 15.4 Å². The first-order valence-electron chi connectivity index (χ1n) is 8.74.